The van der Waals surface area contributed by atoms with Crippen LogP contribution in [0.15, 0.2) is 4.42 Å². The molecule has 0 spiro atoms. The van der Waals surface area contributed by atoms with Crippen molar-refractivity contribution in [1.29, 1.82) is 0 Å². The molecule has 1 aliphatic rings. The summed E-state index contributed by atoms with van der Waals surface area (Å²) in [5.41, 5.74) is 0.0583. The van der Waals surface area contributed by atoms with Crippen LogP contribution in [0.5, 0.6) is 0 Å². The van der Waals surface area contributed by atoms with Crippen molar-refractivity contribution in [2.75, 3.05) is 11.4 Å². The molecule has 0 aliphatic carbocycles. The van der Waals surface area contributed by atoms with Crippen LogP contribution in [-0.4, -0.2) is 28.3 Å². The van der Waals surface area contributed by atoms with Crippen LogP contribution in [0.25, 0.3) is 0 Å². The van der Waals surface area contributed by atoms with Crippen LogP contribution in [0.4, 0.5) is 6.01 Å². The van der Waals surface area contributed by atoms with Gasteiger partial charge in [0.15, 0.2) is 0 Å². The maximum Gasteiger partial charge on any atom is 0.318 e. The number of rotatable bonds is 4. The van der Waals surface area contributed by atoms with Crippen LogP contribution in [0.2, 0.25) is 0 Å². The Labute approximate surface area is 115 Å². The standard InChI is InChI=1S/C14H26N4O/c1-10(2)11-7-6-8-18(11)13-17-16-12(19-13)9-15-14(3,4)5/h10-11,15H,6-9H2,1-5H3. The molecule has 0 saturated carbocycles. The van der Waals surface area contributed by atoms with Gasteiger partial charge in [-0.1, -0.05) is 18.9 Å². The molecule has 1 unspecified atom stereocenters. The van der Waals surface area contributed by atoms with Crippen molar-refractivity contribution in [3.05, 3.63) is 5.89 Å². The van der Waals surface area contributed by atoms with Gasteiger partial charge in [0.05, 0.1) is 6.54 Å². The van der Waals surface area contributed by atoms with Gasteiger partial charge < -0.3 is 14.6 Å². The average Bonchev–Trinajstić information content (AvgIpc) is 2.94. The minimum absolute atomic E-state index is 0.0583. The SMILES string of the molecule is CC(C)C1CCCN1c1nnc(CNC(C)(C)C)o1. The largest absolute Gasteiger partial charge is 0.407 e. The number of hydrogen-bond acceptors (Lipinski definition) is 5. The minimum Gasteiger partial charge on any atom is -0.407 e. The number of hydrogen-bond donors (Lipinski definition) is 1. The van der Waals surface area contributed by atoms with E-state index in [2.05, 4.69) is 55.0 Å². The molecule has 0 bridgehead atoms. The maximum absolute atomic E-state index is 5.78. The van der Waals surface area contributed by atoms with E-state index in [0.29, 0.717) is 30.4 Å². The summed E-state index contributed by atoms with van der Waals surface area (Å²) in [6.45, 7) is 12.5. The lowest BCUT2D eigenvalue weighted by molar-refractivity contribution is 0.376. The van der Waals surface area contributed by atoms with Gasteiger partial charge in [0.1, 0.15) is 0 Å². The summed E-state index contributed by atoms with van der Waals surface area (Å²) in [5, 5.41) is 11.7. The molecule has 0 amide bonds. The molecule has 0 radical (unpaired) electrons. The van der Waals surface area contributed by atoms with E-state index in [0.717, 1.165) is 6.54 Å². The highest BCUT2D eigenvalue weighted by molar-refractivity contribution is 5.29. The molecule has 1 atom stereocenters. The van der Waals surface area contributed by atoms with Gasteiger partial charge in [-0.15, -0.1) is 5.10 Å². The van der Waals surface area contributed by atoms with Crippen molar-refractivity contribution in [3.8, 4) is 0 Å². The summed E-state index contributed by atoms with van der Waals surface area (Å²) in [4.78, 5) is 2.26. The molecule has 108 valence electrons. The van der Waals surface area contributed by atoms with Crippen LogP contribution in [0, 0.1) is 5.92 Å². The molecular formula is C14H26N4O. The first kappa shape index (κ1) is 14.3. The molecule has 0 aromatic carbocycles. The Kier molecular flexibility index (Phi) is 4.13. The first-order valence-corrected chi connectivity index (χ1v) is 7.21. The van der Waals surface area contributed by atoms with Crippen molar-refractivity contribution < 1.29 is 4.42 Å². The van der Waals surface area contributed by atoms with Gasteiger partial charge in [0.25, 0.3) is 0 Å². The first-order valence-electron chi connectivity index (χ1n) is 7.21. The van der Waals surface area contributed by atoms with E-state index in [9.17, 15) is 0 Å². The van der Waals surface area contributed by atoms with Gasteiger partial charge in [0, 0.05) is 18.1 Å². The van der Waals surface area contributed by atoms with Crippen LogP contribution in [0.1, 0.15) is 53.4 Å². The third kappa shape index (κ3) is 3.69. The molecule has 19 heavy (non-hydrogen) atoms. The Morgan fingerprint density at radius 3 is 2.74 bits per heavy atom. The van der Waals surface area contributed by atoms with E-state index in [-0.39, 0.29) is 5.54 Å². The highest BCUT2D eigenvalue weighted by atomic mass is 16.4. The van der Waals surface area contributed by atoms with Crippen molar-refractivity contribution in [2.24, 2.45) is 5.92 Å². The topological polar surface area (TPSA) is 54.2 Å². The summed E-state index contributed by atoms with van der Waals surface area (Å²) >= 11 is 0. The summed E-state index contributed by atoms with van der Waals surface area (Å²) in [5.74, 6) is 1.28. The summed E-state index contributed by atoms with van der Waals surface area (Å²) < 4.78 is 5.78. The summed E-state index contributed by atoms with van der Waals surface area (Å²) in [6.07, 6.45) is 2.43. The second kappa shape index (κ2) is 5.49. The van der Waals surface area contributed by atoms with E-state index < -0.39 is 0 Å². The number of nitrogens with one attached hydrogen (secondary N) is 1. The molecule has 5 heteroatoms. The fourth-order valence-corrected chi connectivity index (χ4v) is 2.50. The van der Waals surface area contributed by atoms with E-state index >= 15 is 0 Å². The molecule has 2 heterocycles. The van der Waals surface area contributed by atoms with Gasteiger partial charge in [-0.05, 0) is 39.5 Å². The van der Waals surface area contributed by atoms with Crippen molar-refractivity contribution in [2.45, 2.75) is 65.6 Å². The van der Waals surface area contributed by atoms with Crippen LogP contribution >= 0.6 is 0 Å². The molecule has 1 saturated heterocycles. The zero-order valence-electron chi connectivity index (χ0n) is 12.7. The van der Waals surface area contributed by atoms with E-state index in [1.54, 1.807) is 0 Å². The Balaban J connectivity index is 2.00. The zero-order chi connectivity index (χ0) is 14.0. The highest BCUT2D eigenvalue weighted by Gasteiger charge is 2.30. The predicted molar refractivity (Wildman–Crippen MR) is 76.1 cm³/mol. The van der Waals surface area contributed by atoms with E-state index in [4.69, 9.17) is 4.42 Å². The van der Waals surface area contributed by atoms with Gasteiger partial charge in [-0.2, -0.15) is 0 Å². The van der Waals surface area contributed by atoms with Gasteiger partial charge in [0.2, 0.25) is 5.89 Å². The number of nitrogens with zero attached hydrogens (tertiary/aromatic N) is 3. The van der Waals surface area contributed by atoms with Crippen molar-refractivity contribution in [3.63, 3.8) is 0 Å². The second-order valence-electron chi connectivity index (χ2n) is 6.73. The zero-order valence-corrected chi connectivity index (χ0v) is 12.7. The lowest BCUT2D eigenvalue weighted by Crippen LogP contribution is -2.35. The van der Waals surface area contributed by atoms with Crippen LogP contribution in [-0.2, 0) is 6.54 Å². The predicted octanol–water partition coefficient (Wildman–Crippen LogP) is 2.58. The van der Waals surface area contributed by atoms with E-state index in [1.807, 2.05) is 0 Å². The molecule has 1 fully saturated rings. The van der Waals surface area contributed by atoms with Crippen molar-refractivity contribution in [1.82, 2.24) is 15.5 Å². The minimum atomic E-state index is 0.0583. The van der Waals surface area contributed by atoms with Gasteiger partial charge in [-0.3, -0.25) is 0 Å². The van der Waals surface area contributed by atoms with Crippen LogP contribution in [0.3, 0.4) is 0 Å². The second-order valence-corrected chi connectivity index (χ2v) is 6.73. The Bertz CT molecular complexity index is 408. The Morgan fingerprint density at radius 2 is 2.11 bits per heavy atom. The molecule has 1 aliphatic heterocycles. The number of anilines is 1. The lowest BCUT2D eigenvalue weighted by Gasteiger charge is -2.25. The van der Waals surface area contributed by atoms with Gasteiger partial charge in [-0.25, -0.2) is 0 Å². The fraction of sp³-hybridized carbons (Fsp3) is 0.857. The smallest absolute Gasteiger partial charge is 0.318 e. The normalized spacial score (nSPS) is 20.5. The van der Waals surface area contributed by atoms with Gasteiger partial charge >= 0.3 is 6.01 Å². The molecular weight excluding hydrogens is 240 g/mol. The quantitative estimate of drug-likeness (QED) is 0.907. The summed E-state index contributed by atoms with van der Waals surface area (Å²) in [6, 6.07) is 1.21. The molecule has 1 N–H and O–H groups in total. The molecule has 2 rings (SSSR count). The highest BCUT2D eigenvalue weighted by Crippen LogP contribution is 2.28. The Hall–Kier alpha value is -1.10. The molecule has 5 nitrogen and oxygen atoms in total. The third-order valence-electron chi connectivity index (χ3n) is 3.54. The Morgan fingerprint density at radius 1 is 1.37 bits per heavy atom. The third-order valence-corrected chi connectivity index (χ3v) is 3.54. The molecule has 1 aromatic rings. The first-order chi connectivity index (χ1) is 8.87. The molecule has 1 aromatic heterocycles. The van der Waals surface area contributed by atoms with Crippen LogP contribution < -0.4 is 10.2 Å². The monoisotopic (exact) mass is 266 g/mol. The average molecular weight is 266 g/mol. The summed E-state index contributed by atoms with van der Waals surface area (Å²) in [7, 11) is 0. The number of aromatic nitrogens is 2. The van der Waals surface area contributed by atoms with Crippen molar-refractivity contribution >= 4 is 6.01 Å². The maximum atomic E-state index is 5.78. The fourth-order valence-electron chi connectivity index (χ4n) is 2.50. The lowest BCUT2D eigenvalue weighted by atomic mass is 10.0. The van der Waals surface area contributed by atoms with E-state index in [1.165, 1.54) is 12.8 Å².